The van der Waals surface area contributed by atoms with E-state index in [0.717, 1.165) is 23.5 Å². The Bertz CT molecular complexity index is 724. The second kappa shape index (κ2) is 9.48. The molecule has 1 aliphatic carbocycles. The lowest BCUT2D eigenvalue weighted by atomic mass is 9.95. The van der Waals surface area contributed by atoms with Crippen LogP contribution in [0.5, 0.6) is 0 Å². The Morgan fingerprint density at radius 1 is 1.08 bits per heavy atom. The Morgan fingerprint density at radius 3 is 2.65 bits per heavy atom. The number of benzene rings is 1. The largest absolute Gasteiger partial charge is 0.467 e. The summed E-state index contributed by atoms with van der Waals surface area (Å²) in [6.07, 6.45) is 7.30. The summed E-state index contributed by atoms with van der Waals surface area (Å²) >= 11 is 1.38. The maximum absolute atomic E-state index is 12.6. The van der Waals surface area contributed by atoms with E-state index in [1.165, 1.54) is 31.0 Å². The van der Waals surface area contributed by atoms with Gasteiger partial charge in [-0.25, -0.2) is 0 Å². The molecule has 1 aliphatic rings. The zero-order valence-electron chi connectivity index (χ0n) is 14.7. The van der Waals surface area contributed by atoms with Gasteiger partial charge < -0.3 is 15.1 Å². The summed E-state index contributed by atoms with van der Waals surface area (Å²) in [5.74, 6) is 0.842. The molecule has 0 bridgehead atoms. The van der Waals surface area contributed by atoms with E-state index in [9.17, 15) is 9.59 Å². The van der Waals surface area contributed by atoms with E-state index >= 15 is 0 Å². The first-order chi connectivity index (χ1) is 12.7. The molecule has 1 fully saturated rings. The van der Waals surface area contributed by atoms with Gasteiger partial charge in [-0.15, -0.1) is 11.8 Å². The van der Waals surface area contributed by atoms with Gasteiger partial charge >= 0.3 is 0 Å². The number of hydrogen-bond donors (Lipinski definition) is 2. The van der Waals surface area contributed by atoms with Crippen molar-refractivity contribution in [1.82, 2.24) is 10.6 Å². The van der Waals surface area contributed by atoms with Crippen LogP contribution in [0.4, 0.5) is 0 Å². The van der Waals surface area contributed by atoms with Gasteiger partial charge in [0.05, 0.1) is 24.1 Å². The van der Waals surface area contributed by atoms with E-state index < -0.39 is 0 Å². The zero-order chi connectivity index (χ0) is 18.2. The summed E-state index contributed by atoms with van der Waals surface area (Å²) in [5, 5.41) is 5.96. The molecule has 138 valence electrons. The maximum Gasteiger partial charge on any atom is 0.252 e. The van der Waals surface area contributed by atoms with E-state index in [0.29, 0.717) is 12.1 Å². The lowest BCUT2D eigenvalue weighted by Crippen LogP contribution is -2.36. The average Bonchev–Trinajstić information content (AvgIpc) is 3.19. The van der Waals surface area contributed by atoms with Crippen molar-refractivity contribution in [1.29, 1.82) is 0 Å². The van der Waals surface area contributed by atoms with Gasteiger partial charge in [-0.1, -0.05) is 31.4 Å². The summed E-state index contributed by atoms with van der Waals surface area (Å²) in [4.78, 5) is 25.5. The molecule has 2 aromatic rings. The number of carbonyl (C=O) groups excluding carboxylic acids is 2. The van der Waals surface area contributed by atoms with Gasteiger partial charge in [0.2, 0.25) is 5.91 Å². The third kappa shape index (κ3) is 5.39. The number of hydrogen-bond acceptors (Lipinski definition) is 4. The highest BCUT2D eigenvalue weighted by Gasteiger charge is 2.18. The normalized spacial score (nSPS) is 14.8. The Hall–Kier alpha value is -2.21. The van der Waals surface area contributed by atoms with Crippen LogP contribution in [-0.4, -0.2) is 23.6 Å². The molecule has 0 unspecified atom stereocenters. The first-order valence-electron chi connectivity index (χ1n) is 9.04. The first-order valence-corrected chi connectivity index (χ1v) is 10.0. The van der Waals surface area contributed by atoms with Crippen LogP contribution in [0.25, 0.3) is 0 Å². The van der Waals surface area contributed by atoms with Crippen LogP contribution < -0.4 is 10.6 Å². The molecule has 1 aromatic carbocycles. The third-order valence-electron chi connectivity index (χ3n) is 4.47. The van der Waals surface area contributed by atoms with Gasteiger partial charge in [-0.3, -0.25) is 9.59 Å². The highest BCUT2D eigenvalue weighted by molar-refractivity contribution is 8.00. The fourth-order valence-electron chi connectivity index (χ4n) is 3.08. The highest BCUT2D eigenvalue weighted by Crippen LogP contribution is 2.24. The van der Waals surface area contributed by atoms with Gasteiger partial charge in [-0.05, 0) is 37.1 Å². The van der Waals surface area contributed by atoms with Crippen molar-refractivity contribution >= 4 is 23.6 Å². The quantitative estimate of drug-likeness (QED) is 0.726. The van der Waals surface area contributed by atoms with E-state index in [4.69, 9.17) is 4.42 Å². The van der Waals surface area contributed by atoms with Crippen molar-refractivity contribution in [3.05, 3.63) is 54.0 Å². The minimum Gasteiger partial charge on any atom is -0.467 e. The number of thioether (sulfide) groups is 1. The monoisotopic (exact) mass is 372 g/mol. The Balaban J connectivity index is 1.52. The molecule has 0 radical (unpaired) electrons. The molecule has 26 heavy (non-hydrogen) atoms. The van der Waals surface area contributed by atoms with Crippen LogP contribution in [0.3, 0.4) is 0 Å². The minimum absolute atomic E-state index is 0.0454. The first kappa shape index (κ1) is 18.6. The molecule has 2 amide bonds. The van der Waals surface area contributed by atoms with Crippen LogP contribution >= 0.6 is 11.8 Å². The van der Waals surface area contributed by atoms with Crippen molar-refractivity contribution < 1.29 is 14.0 Å². The molecule has 0 aliphatic heterocycles. The van der Waals surface area contributed by atoms with Gasteiger partial charge in [0.25, 0.3) is 5.91 Å². The van der Waals surface area contributed by atoms with Gasteiger partial charge in [0, 0.05) is 10.9 Å². The summed E-state index contributed by atoms with van der Waals surface area (Å²) < 4.78 is 5.19. The van der Waals surface area contributed by atoms with Crippen molar-refractivity contribution in [3.63, 3.8) is 0 Å². The Morgan fingerprint density at radius 2 is 1.88 bits per heavy atom. The van der Waals surface area contributed by atoms with Crippen molar-refractivity contribution in [2.24, 2.45) is 0 Å². The molecular formula is C20H24N2O3S. The molecule has 3 rings (SSSR count). The van der Waals surface area contributed by atoms with Crippen molar-refractivity contribution in [2.75, 3.05) is 5.75 Å². The fraction of sp³-hybridized carbons (Fsp3) is 0.400. The average molecular weight is 372 g/mol. The second-order valence-corrected chi connectivity index (χ2v) is 7.47. The molecule has 1 saturated carbocycles. The number of rotatable bonds is 7. The minimum atomic E-state index is -0.0890. The molecule has 1 aromatic heterocycles. The number of furan rings is 1. The third-order valence-corrected chi connectivity index (χ3v) is 5.54. The highest BCUT2D eigenvalue weighted by atomic mass is 32.2. The van der Waals surface area contributed by atoms with Gasteiger partial charge in [0.15, 0.2) is 0 Å². The summed E-state index contributed by atoms with van der Waals surface area (Å²) in [7, 11) is 0. The predicted molar refractivity (Wildman–Crippen MR) is 102 cm³/mol. The fourth-order valence-corrected chi connectivity index (χ4v) is 3.96. The number of amides is 2. The smallest absolute Gasteiger partial charge is 0.252 e. The summed E-state index contributed by atoms with van der Waals surface area (Å²) in [5.41, 5.74) is 0.641. The van der Waals surface area contributed by atoms with Gasteiger partial charge in [-0.2, -0.15) is 0 Å². The van der Waals surface area contributed by atoms with E-state index in [1.807, 2.05) is 30.3 Å². The lowest BCUT2D eigenvalue weighted by molar-refractivity contribution is -0.118. The van der Waals surface area contributed by atoms with Crippen LogP contribution in [0.2, 0.25) is 0 Å². The van der Waals surface area contributed by atoms with Crippen molar-refractivity contribution in [3.8, 4) is 0 Å². The number of nitrogens with one attached hydrogen (secondary N) is 2. The van der Waals surface area contributed by atoms with Crippen LogP contribution in [0.1, 0.15) is 48.2 Å². The molecule has 5 nitrogen and oxygen atoms in total. The van der Waals surface area contributed by atoms with E-state index in [-0.39, 0.29) is 23.6 Å². The van der Waals surface area contributed by atoms with E-state index in [1.54, 1.807) is 12.3 Å². The molecule has 2 N–H and O–H groups in total. The topological polar surface area (TPSA) is 71.3 Å². The van der Waals surface area contributed by atoms with Crippen molar-refractivity contribution in [2.45, 2.75) is 49.6 Å². The molecule has 0 atom stereocenters. The van der Waals surface area contributed by atoms with Crippen LogP contribution in [-0.2, 0) is 11.3 Å². The molecule has 6 heteroatoms. The SMILES string of the molecule is O=C(CSc1ccccc1C(=O)NC1CCCCC1)NCc1ccco1. The predicted octanol–water partition coefficient (Wildman–Crippen LogP) is 3.75. The summed E-state index contributed by atoms with van der Waals surface area (Å²) in [6.45, 7) is 0.371. The molecular weight excluding hydrogens is 348 g/mol. The second-order valence-electron chi connectivity index (χ2n) is 6.45. The zero-order valence-corrected chi connectivity index (χ0v) is 15.5. The van der Waals surface area contributed by atoms with Gasteiger partial charge in [0.1, 0.15) is 5.76 Å². The molecule has 0 spiro atoms. The Kier molecular flexibility index (Phi) is 6.77. The lowest BCUT2D eigenvalue weighted by Gasteiger charge is -2.23. The standard InChI is InChI=1S/C20H24N2O3S/c23-19(21-13-16-9-6-12-25-16)14-26-18-11-5-4-10-17(18)20(24)22-15-7-2-1-3-8-15/h4-6,9-12,15H,1-3,7-8,13-14H2,(H,21,23)(H,22,24). The van der Waals surface area contributed by atoms with Crippen LogP contribution in [0.15, 0.2) is 52.0 Å². The molecule has 0 saturated heterocycles. The molecule has 1 heterocycles. The van der Waals surface area contributed by atoms with E-state index in [2.05, 4.69) is 10.6 Å². The maximum atomic E-state index is 12.6. The van der Waals surface area contributed by atoms with Crippen LogP contribution in [0, 0.1) is 0 Å². The summed E-state index contributed by atoms with van der Waals surface area (Å²) in [6, 6.07) is 11.3. The Labute approximate surface area is 157 Å². The number of carbonyl (C=O) groups is 2.